The van der Waals surface area contributed by atoms with Crippen LogP contribution < -0.4 is 0 Å². The third-order valence-electron chi connectivity index (χ3n) is 6.69. The average molecular weight is 376 g/mol. The zero-order chi connectivity index (χ0) is 13.8. The van der Waals surface area contributed by atoms with Crippen molar-refractivity contribution in [3.63, 3.8) is 0 Å². The minimum atomic E-state index is -1.57. The molecule has 3 rings (SSSR count). The van der Waals surface area contributed by atoms with E-state index >= 15 is 0 Å². The number of rotatable bonds is 3. The van der Waals surface area contributed by atoms with E-state index in [1.165, 1.54) is 96.3 Å². The maximum absolute atomic E-state index is 7.71. The van der Waals surface area contributed by atoms with Crippen LogP contribution in [0.2, 0.25) is 0 Å². The quantitative estimate of drug-likeness (QED) is 0.372. The molecular formula is C18H34ClNiP. The minimum Gasteiger partial charge on any atom is 0 e. The van der Waals surface area contributed by atoms with E-state index in [-0.39, 0.29) is 16.5 Å². The molecule has 0 saturated heterocycles. The Morgan fingerprint density at radius 3 is 0.952 bits per heavy atom. The fraction of sp³-hybridized carbons (Fsp3) is 1.00. The van der Waals surface area contributed by atoms with Gasteiger partial charge < -0.3 is 0 Å². The topological polar surface area (TPSA) is 0 Å². The summed E-state index contributed by atoms with van der Waals surface area (Å²) in [6.45, 7) is -1.57. The van der Waals surface area contributed by atoms with Gasteiger partial charge in [0.2, 0.25) is 0 Å². The van der Waals surface area contributed by atoms with Crippen molar-refractivity contribution in [1.82, 2.24) is 0 Å². The van der Waals surface area contributed by atoms with Crippen molar-refractivity contribution in [2.45, 2.75) is 113 Å². The largest absolute Gasteiger partial charge is 0 e. The van der Waals surface area contributed by atoms with E-state index in [1.54, 1.807) is 0 Å². The molecule has 0 bridgehead atoms. The molecule has 0 unspecified atom stereocenters. The summed E-state index contributed by atoms with van der Waals surface area (Å²) in [5, 5.41) is 0. The van der Waals surface area contributed by atoms with Gasteiger partial charge in [-0.25, -0.2) is 0 Å². The summed E-state index contributed by atoms with van der Waals surface area (Å²) < 4.78 is 0. The van der Waals surface area contributed by atoms with E-state index in [0.29, 0.717) is 0 Å². The van der Waals surface area contributed by atoms with Crippen molar-refractivity contribution in [1.29, 1.82) is 0 Å². The minimum absolute atomic E-state index is 0. The summed E-state index contributed by atoms with van der Waals surface area (Å²) in [6, 6.07) is 0. The fourth-order valence-corrected chi connectivity index (χ4v) is 13.5. The molecular weight excluding hydrogens is 341 g/mol. The molecule has 3 fully saturated rings. The Morgan fingerprint density at radius 2 is 0.714 bits per heavy atom. The molecule has 0 aromatic heterocycles. The molecule has 128 valence electrons. The Morgan fingerprint density at radius 1 is 0.476 bits per heavy atom. The van der Waals surface area contributed by atoms with Crippen molar-refractivity contribution >= 4 is 17.9 Å². The molecule has 0 aromatic carbocycles. The molecule has 3 aliphatic carbocycles. The molecule has 0 spiro atoms. The van der Waals surface area contributed by atoms with E-state index in [4.69, 9.17) is 11.2 Å². The van der Waals surface area contributed by atoms with Crippen LogP contribution in [-0.4, -0.2) is 17.0 Å². The summed E-state index contributed by atoms with van der Waals surface area (Å²) in [7, 11) is 0. The van der Waals surface area contributed by atoms with Gasteiger partial charge in [0.1, 0.15) is 0 Å². The van der Waals surface area contributed by atoms with Crippen molar-refractivity contribution < 1.29 is 16.5 Å². The molecule has 3 saturated carbocycles. The van der Waals surface area contributed by atoms with Crippen molar-refractivity contribution in [2.75, 3.05) is 0 Å². The molecule has 3 heteroatoms. The van der Waals surface area contributed by atoms with Crippen LogP contribution in [-0.2, 0) is 16.5 Å². The van der Waals surface area contributed by atoms with Gasteiger partial charge in [0.15, 0.2) is 0 Å². The van der Waals surface area contributed by atoms with Gasteiger partial charge in [-0.1, -0.05) is 0 Å². The first kappa shape index (κ1) is 18.6. The third kappa shape index (κ3) is 4.19. The van der Waals surface area contributed by atoms with Gasteiger partial charge in [0.25, 0.3) is 0 Å². The molecule has 0 aromatic rings. The van der Waals surface area contributed by atoms with E-state index < -0.39 is 6.62 Å². The summed E-state index contributed by atoms with van der Waals surface area (Å²) in [5.74, 6) is 0. The SMILES string of the molecule is Cl[PH](C1CCCCC1)(C1CCCCC1)C1CCCCC1.[Ni]. The Bertz CT molecular complexity index is 246. The second-order valence-electron chi connectivity index (χ2n) is 7.83. The first-order chi connectivity index (χ1) is 9.82. The van der Waals surface area contributed by atoms with Crippen LogP contribution in [0, 0.1) is 0 Å². The predicted molar refractivity (Wildman–Crippen MR) is 94.8 cm³/mol. The Kier molecular flexibility index (Phi) is 7.86. The number of halogens is 1. The molecule has 0 amide bonds. The second kappa shape index (κ2) is 8.90. The van der Waals surface area contributed by atoms with E-state index in [9.17, 15) is 0 Å². The van der Waals surface area contributed by atoms with Gasteiger partial charge in [-0.3, -0.25) is 0 Å². The van der Waals surface area contributed by atoms with E-state index in [2.05, 4.69) is 0 Å². The van der Waals surface area contributed by atoms with Gasteiger partial charge in [-0.15, -0.1) is 0 Å². The van der Waals surface area contributed by atoms with Crippen molar-refractivity contribution in [3.8, 4) is 0 Å². The molecule has 0 aliphatic heterocycles. The predicted octanol–water partition coefficient (Wildman–Crippen LogP) is 6.89. The zero-order valence-electron chi connectivity index (χ0n) is 13.5. The van der Waals surface area contributed by atoms with Crippen LogP contribution in [0.4, 0.5) is 0 Å². The van der Waals surface area contributed by atoms with Gasteiger partial charge in [-0.05, 0) is 0 Å². The molecule has 0 radical (unpaired) electrons. The summed E-state index contributed by atoms with van der Waals surface area (Å²) in [4.78, 5) is 0. The first-order valence-electron chi connectivity index (χ1n) is 9.50. The standard InChI is InChI=1S/C18H34ClP.Ni/c19-20(16-10-4-1-5-11-16,17-12-6-2-7-13-17)18-14-8-3-9-15-18;/h16-18,20H,1-15H2;. The maximum atomic E-state index is 7.71. The summed E-state index contributed by atoms with van der Waals surface area (Å²) in [6.07, 6.45) is 22.2. The van der Waals surface area contributed by atoms with Crippen LogP contribution in [0.5, 0.6) is 0 Å². The van der Waals surface area contributed by atoms with Crippen LogP contribution in [0.3, 0.4) is 0 Å². The number of hydrogen-bond acceptors (Lipinski definition) is 0. The van der Waals surface area contributed by atoms with Crippen LogP contribution >= 0.6 is 17.9 Å². The van der Waals surface area contributed by atoms with Gasteiger partial charge in [0.05, 0.1) is 0 Å². The Labute approximate surface area is 147 Å². The monoisotopic (exact) mass is 374 g/mol. The molecule has 21 heavy (non-hydrogen) atoms. The molecule has 0 atom stereocenters. The normalized spacial score (nSPS) is 28.0. The molecule has 0 nitrogen and oxygen atoms in total. The van der Waals surface area contributed by atoms with Crippen molar-refractivity contribution in [2.24, 2.45) is 0 Å². The molecule has 0 heterocycles. The smallest absolute Gasteiger partial charge is 0 e. The van der Waals surface area contributed by atoms with Crippen LogP contribution in [0.1, 0.15) is 96.3 Å². The molecule has 0 N–H and O–H groups in total. The van der Waals surface area contributed by atoms with Crippen LogP contribution in [0.25, 0.3) is 0 Å². The van der Waals surface area contributed by atoms with Gasteiger partial charge in [-0.2, -0.15) is 0 Å². The Hall–Kier alpha value is 1.21. The number of hydrogen-bond donors (Lipinski definition) is 0. The maximum Gasteiger partial charge on any atom is 0 e. The Balaban J connectivity index is 0.00000161. The van der Waals surface area contributed by atoms with Gasteiger partial charge >= 0.3 is 131 Å². The van der Waals surface area contributed by atoms with Crippen molar-refractivity contribution in [3.05, 3.63) is 0 Å². The second-order valence-corrected chi connectivity index (χ2v) is 13.9. The van der Waals surface area contributed by atoms with Gasteiger partial charge in [0, 0.05) is 16.5 Å². The zero-order valence-corrected chi connectivity index (χ0v) is 16.3. The summed E-state index contributed by atoms with van der Waals surface area (Å²) >= 11 is 7.71. The molecule has 3 aliphatic rings. The average Bonchev–Trinajstić information content (AvgIpc) is 2.56. The van der Waals surface area contributed by atoms with E-state index in [1.807, 2.05) is 0 Å². The van der Waals surface area contributed by atoms with E-state index in [0.717, 1.165) is 17.0 Å². The summed E-state index contributed by atoms with van der Waals surface area (Å²) in [5.41, 5.74) is 2.93. The first-order valence-corrected chi connectivity index (χ1v) is 12.7. The fourth-order valence-electron chi connectivity index (χ4n) is 5.64. The van der Waals surface area contributed by atoms with Crippen LogP contribution in [0.15, 0.2) is 0 Å². The third-order valence-corrected chi connectivity index (χ3v) is 15.0.